The highest BCUT2D eigenvalue weighted by Crippen LogP contribution is 2.30. The van der Waals surface area contributed by atoms with Crippen LogP contribution in [0.3, 0.4) is 0 Å². The van der Waals surface area contributed by atoms with Gasteiger partial charge in [-0.3, -0.25) is 0 Å². The first-order valence-electron chi connectivity index (χ1n) is 6.18. The molecule has 0 amide bonds. The molecular formula is C13H15F2N5O2. The summed E-state index contributed by atoms with van der Waals surface area (Å²) in [5, 5.41) is 0. The predicted octanol–water partition coefficient (Wildman–Crippen LogP) is 1.71. The molecule has 2 aromatic rings. The molecule has 7 nitrogen and oxygen atoms in total. The number of ether oxygens (including phenoxy) is 2. The normalized spacial score (nSPS) is 10.5. The van der Waals surface area contributed by atoms with Crippen LogP contribution in [0.25, 0.3) is 0 Å². The number of halogens is 2. The molecule has 7 N–H and O–H groups in total. The first-order valence-corrected chi connectivity index (χ1v) is 6.18. The van der Waals surface area contributed by atoms with Crippen molar-refractivity contribution in [3.63, 3.8) is 0 Å². The number of hydrogen-bond donors (Lipinski definition) is 4. The van der Waals surface area contributed by atoms with E-state index in [0.29, 0.717) is 5.75 Å². The molecule has 1 aromatic heterocycles. The number of hydrazine groups is 1. The second kappa shape index (κ2) is 6.76. The maximum absolute atomic E-state index is 12.0. The average molecular weight is 311 g/mol. The minimum Gasteiger partial charge on any atom is -0.486 e. The second-order valence-electron chi connectivity index (χ2n) is 4.26. The van der Waals surface area contributed by atoms with E-state index < -0.39 is 6.61 Å². The number of nitrogens with one attached hydrogen (secondary N) is 1. The molecule has 0 saturated carbocycles. The molecule has 9 heteroatoms. The Balaban J connectivity index is 2.05. The van der Waals surface area contributed by atoms with Crippen molar-refractivity contribution < 1.29 is 18.3 Å². The number of aromatic nitrogens is 1. The zero-order valence-corrected chi connectivity index (χ0v) is 11.4. The van der Waals surface area contributed by atoms with E-state index >= 15 is 0 Å². The van der Waals surface area contributed by atoms with Crippen molar-refractivity contribution in [2.45, 2.75) is 13.2 Å². The lowest BCUT2D eigenvalue weighted by Crippen LogP contribution is -2.13. The third-order valence-corrected chi connectivity index (χ3v) is 2.72. The zero-order valence-electron chi connectivity index (χ0n) is 11.4. The summed E-state index contributed by atoms with van der Waals surface area (Å²) in [7, 11) is 0. The van der Waals surface area contributed by atoms with E-state index in [4.69, 9.17) is 22.0 Å². The molecule has 0 aliphatic rings. The van der Waals surface area contributed by atoms with Crippen molar-refractivity contribution in [2.24, 2.45) is 5.84 Å². The molecule has 0 aliphatic carbocycles. The number of pyridine rings is 1. The van der Waals surface area contributed by atoms with E-state index in [1.54, 1.807) is 12.1 Å². The minimum absolute atomic E-state index is 0.0704. The van der Waals surface area contributed by atoms with Crippen LogP contribution in [0.4, 0.5) is 26.1 Å². The van der Waals surface area contributed by atoms with Gasteiger partial charge in [0.25, 0.3) is 0 Å². The summed E-state index contributed by atoms with van der Waals surface area (Å²) in [6, 6.07) is 7.50. The van der Waals surface area contributed by atoms with Gasteiger partial charge in [0.1, 0.15) is 29.6 Å². The molecule has 1 aromatic carbocycles. The van der Waals surface area contributed by atoms with Crippen molar-refractivity contribution in [3.8, 4) is 11.5 Å². The summed E-state index contributed by atoms with van der Waals surface area (Å²) < 4.78 is 33.9. The van der Waals surface area contributed by atoms with Gasteiger partial charge in [-0.1, -0.05) is 12.1 Å². The fourth-order valence-corrected chi connectivity index (χ4v) is 1.71. The molecule has 0 bridgehead atoms. The van der Waals surface area contributed by atoms with Crippen LogP contribution in [0.2, 0.25) is 0 Å². The van der Waals surface area contributed by atoms with Gasteiger partial charge < -0.3 is 26.4 Å². The van der Waals surface area contributed by atoms with Crippen molar-refractivity contribution in [2.75, 3.05) is 16.9 Å². The standard InChI is InChI=1S/C13H15F2N5O2/c14-13(15)22-8-3-1-7(2-4-8)6-21-9-5-10(16)19-12(20-18)11(9)17/h1-5,13H,6,17-18H2,(H3,16,19,20). The molecule has 0 spiro atoms. The van der Waals surface area contributed by atoms with Crippen molar-refractivity contribution in [1.82, 2.24) is 4.98 Å². The summed E-state index contributed by atoms with van der Waals surface area (Å²) in [5.41, 5.74) is 14.7. The smallest absolute Gasteiger partial charge is 0.387 e. The maximum atomic E-state index is 12.0. The highest BCUT2D eigenvalue weighted by molar-refractivity contribution is 5.71. The number of alkyl halides is 2. The van der Waals surface area contributed by atoms with Gasteiger partial charge in [0.2, 0.25) is 0 Å². The van der Waals surface area contributed by atoms with Crippen LogP contribution < -0.4 is 32.2 Å². The van der Waals surface area contributed by atoms with Crippen LogP contribution in [-0.2, 0) is 6.61 Å². The summed E-state index contributed by atoms with van der Waals surface area (Å²) in [5.74, 6) is 6.05. The van der Waals surface area contributed by atoms with E-state index in [9.17, 15) is 8.78 Å². The number of anilines is 3. The molecular weight excluding hydrogens is 296 g/mol. The Hall–Kier alpha value is -2.81. The topological polar surface area (TPSA) is 121 Å². The first kappa shape index (κ1) is 15.6. The third-order valence-electron chi connectivity index (χ3n) is 2.72. The summed E-state index contributed by atoms with van der Waals surface area (Å²) in [6.45, 7) is -2.70. The van der Waals surface area contributed by atoms with Crippen molar-refractivity contribution >= 4 is 17.3 Å². The average Bonchev–Trinajstić information content (AvgIpc) is 2.48. The number of benzene rings is 1. The molecule has 0 fully saturated rings. The zero-order chi connectivity index (χ0) is 16.1. The predicted molar refractivity (Wildman–Crippen MR) is 78.3 cm³/mol. The highest BCUT2D eigenvalue weighted by Gasteiger charge is 2.10. The molecule has 0 atom stereocenters. The number of nitrogens with two attached hydrogens (primary N) is 3. The molecule has 0 saturated heterocycles. The molecule has 118 valence electrons. The summed E-state index contributed by atoms with van der Waals surface area (Å²) in [4.78, 5) is 3.90. The lowest BCUT2D eigenvalue weighted by Gasteiger charge is -2.12. The van der Waals surface area contributed by atoms with E-state index in [0.717, 1.165) is 5.56 Å². The van der Waals surface area contributed by atoms with Crippen LogP contribution in [0.5, 0.6) is 11.5 Å². The Kier molecular flexibility index (Phi) is 4.79. The number of rotatable bonds is 6. The second-order valence-corrected chi connectivity index (χ2v) is 4.26. The van der Waals surface area contributed by atoms with Gasteiger partial charge in [-0.15, -0.1) is 0 Å². The SMILES string of the molecule is NNc1nc(N)cc(OCc2ccc(OC(F)F)cc2)c1N. The Labute approximate surface area is 125 Å². The minimum atomic E-state index is -2.86. The molecule has 0 unspecified atom stereocenters. The van der Waals surface area contributed by atoms with Crippen LogP contribution in [0.15, 0.2) is 30.3 Å². The van der Waals surface area contributed by atoms with E-state index in [-0.39, 0.29) is 29.7 Å². The quantitative estimate of drug-likeness (QED) is 0.473. The van der Waals surface area contributed by atoms with Gasteiger partial charge in [-0.2, -0.15) is 8.78 Å². The Morgan fingerprint density at radius 2 is 1.86 bits per heavy atom. The lowest BCUT2D eigenvalue weighted by molar-refractivity contribution is -0.0498. The fraction of sp³-hybridized carbons (Fsp3) is 0.154. The highest BCUT2D eigenvalue weighted by atomic mass is 19.3. The van der Waals surface area contributed by atoms with Gasteiger partial charge in [0.05, 0.1) is 0 Å². The largest absolute Gasteiger partial charge is 0.486 e. The molecule has 0 radical (unpaired) electrons. The first-order chi connectivity index (χ1) is 10.5. The molecule has 1 heterocycles. The maximum Gasteiger partial charge on any atom is 0.387 e. The third kappa shape index (κ3) is 3.85. The van der Waals surface area contributed by atoms with Crippen LogP contribution in [-0.4, -0.2) is 11.6 Å². The van der Waals surface area contributed by atoms with Crippen LogP contribution in [0.1, 0.15) is 5.56 Å². The van der Waals surface area contributed by atoms with E-state index in [1.165, 1.54) is 18.2 Å². The number of hydrogen-bond acceptors (Lipinski definition) is 7. The van der Waals surface area contributed by atoms with Crippen LogP contribution in [0, 0.1) is 0 Å². The Morgan fingerprint density at radius 3 is 2.45 bits per heavy atom. The van der Waals surface area contributed by atoms with E-state index in [1.807, 2.05) is 0 Å². The van der Waals surface area contributed by atoms with Gasteiger partial charge in [-0.05, 0) is 17.7 Å². The van der Waals surface area contributed by atoms with Crippen molar-refractivity contribution in [3.05, 3.63) is 35.9 Å². The molecule has 2 rings (SSSR count). The number of nitrogen functional groups attached to an aromatic ring is 3. The van der Waals surface area contributed by atoms with Crippen LogP contribution >= 0.6 is 0 Å². The monoisotopic (exact) mass is 311 g/mol. The molecule has 0 aliphatic heterocycles. The van der Waals surface area contributed by atoms with Crippen molar-refractivity contribution in [1.29, 1.82) is 0 Å². The van der Waals surface area contributed by atoms with Gasteiger partial charge in [0, 0.05) is 6.07 Å². The number of nitrogens with zero attached hydrogens (tertiary/aromatic N) is 1. The molecule has 22 heavy (non-hydrogen) atoms. The Morgan fingerprint density at radius 1 is 1.18 bits per heavy atom. The fourth-order valence-electron chi connectivity index (χ4n) is 1.71. The summed E-state index contributed by atoms with van der Waals surface area (Å²) >= 11 is 0. The summed E-state index contributed by atoms with van der Waals surface area (Å²) in [6.07, 6.45) is 0. The van der Waals surface area contributed by atoms with Gasteiger partial charge >= 0.3 is 6.61 Å². The lowest BCUT2D eigenvalue weighted by atomic mass is 10.2. The Bertz CT molecular complexity index is 637. The van der Waals surface area contributed by atoms with E-state index in [2.05, 4.69) is 15.1 Å². The van der Waals surface area contributed by atoms with Gasteiger partial charge in [-0.25, -0.2) is 10.8 Å². The van der Waals surface area contributed by atoms with Gasteiger partial charge in [0.15, 0.2) is 5.82 Å².